The Morgan fingerprint density at radius 2 is 1.95 bits per heavy atom. The predicted octanol–water partition coefficient (Wildman–Crippen LogP) is 1.23. The topological polar surface area (TPSA) is 90.0 Å². The van der Waals surface area contributed by atoms with Gasteiger partial charge in [0, 0.05) is 19.0 Å². The average molecular weight is 281 g/mol. The average Bonchev–Trinajstić information content (AvgIpc) is 3.02. The fourth-order valence-corrected chi connectivity index (χ4v) is 2.94. The second kappa shape index (κ2) is 5.06. The minimum Gasteiger partial charge on any atom is -0.369 e. The van der Waals surface area contributed by atoms with E-state index in [1.54, 1.807) is 6.07 Å². The van der Waals surface area contributed by atoms with Gasteiger partial charge in [-0.25, -0.2) is 9.69 Å². The molecule has 2 amide bonds. The molecular formula is C13H19N3O4. The number of hydrogen-bond acceptors (Lipinski definition) is 5. The number of aliphatic hydroxyl groups is 2. The Morgan fingerprint density at radius 3 is 2.55 bits per heavy atom. The van der Waals surface area contributed by atoms with E-state index in [1.807, 2.05) is 0 Å². The molecule has 1 aromatic rings. The highest BCUT2D eigenvalue weighted by atomic mass is 16.5. The number of carbonyl (C=O) groups excluding carboxylic acids is 1. The zero-order valence-electron chi connectivity index (χ0n) is 11.4. The van der Waals surface area contributed by atoms with Gasteiger partial charge in [0.2, 0.25) is 0 Å². The van der Waals surface area contributed by atoms with Gasteiger partial charge < -0.3 is 14.7 Å². The van der Waals surface area contributed by atoms with E-state index in [4.69, 9.17) is 4.52 Å². The summed E-state index contributed by atoms with van der Waals surface area (Å²) in [5, 5.41) is 23.5. The van der Waals surface area contributed by atoms with Crippen LogP contribution < -0.4 is 4.90 Å². The summed E-state index contributed by atoms with van der Waals surface area (Å²) in [4.78, 5) is 14.1. The number of rotatable bonds is 2. The van der Waals surface area contributed by atoms with Gasteiger partial charge in [0.05, 0.1) is 0 Å². The smallest absolute Gasteiger partial charge is 0.329 e. The molecule has 2 N–H and O–H groups in total. The lowest BCUT2D eigenvalue weighted by Crippen LogP contribution is -2.36. The van der Waals surface area contributed by atoms with E-state index in [0.717, 1.165) is 28.4 Å². The lowest BCUT2D eigenvalue weighted by Gasteiger charge is -2.18. The lowest BCUT2D eigenvalue weighted by molar-refractivity contribution is -0.0184. The number of nitrogens with zero attached hydrogens (tertiary/aromatic N) is 3. The minimum absolute atomic E-state index is 0.256. The third-order valence-corrected chi connectivity index (χ3v) is 4.21. The molecule has 2 fully saturated rings. The molecule has 1 aromatic heterocycles. The largest absolute Gasteiger partial charge is 0.369 e. The molecule has 2 aliphatic rings. The molecule has 7 nitrogen and oxygen atoms in total. The van der Waals surface area contributed by atoms with Crippen LogP contribution in [0.2, 0.25) is 0 Å². The van der Waals surface area contributed by atoms with Crippen LogP contribution in [0.1, 0.15) is 43.8 Å². The van der Waals surface area contributed by atoms with E-state index in [0.29, 0.717) is 5.92 Å². The fraction of sp³-hybridized carbons (Fsp3) is 0.692. The van der Waals surface area contributed by atoms with Crippen LogP contribution in [0.25, 0.3) is 0 Å². The maximum Gasteiger partial charge on any atom is 0.329 e. The normalized spacial score (nSPS) is 28.4. The molecule has 1 aliphatic carbocycles. The Kier molecular flexibility index (Phi) is 3.39. The summed E-state index contributed by atoms with van der Waals surface area (Å²) in [6.45, 7) is 0. The van der Waals surface area contributed by atoms with Crippen LogP contribution in [0, 0.1) is 0 Å². The molecule has 110 valence electrons. The van der Waals surface area contributed by atoms with Gasteiger partial charge in [0.1, 0.15) is 5.76 Å². The Labute approximate surface area is 116 Å². The number of urea groups is 1. The summed E-state index contributed by atoms with van der Waals surface area (Å²) in [5.74, 6) is 1.35. The number of aliphatic hydroxyl groups excluding tert-OH is 2. The highest BCUT2D eigenvalue weighted by molar-refractivity contribution is 5.93. The molecule has 0 radical (unpaired) electrons. The van der Waals surface area contributed by atoms with Crippen molar-refractivity contribution in [3.8, 4) is 0 Å². The van der Waals surface area contributed by atoms with Crippen molar-refractivity contribution in [2.45, 2.75) is 50.5 Å². The number of carbonyl (C=O) groups is 1. The quantitative estimate of drug-likeness (QED) is 0.851. The van der Waals surface area contributed by atoms with E-state index in [2.05, 4.69) is 5.16 Å². The monoisotopic (exact) mass is 281 g/mol. The molecule has 0 bridgehead atoms. The molecular weight excluding hydrogens is 262 g/mol. The van der Waals surface area contributed by atoms with Gasteiger partial charge in [-0.3, -0.25) is 4.90 Å². The van der Waals surface area contributed by atoms with Gasteiger partial charge in [-0.15, -0.1) is 0 Å². The highest BCUT2D eigenvalue weighted by Crippen LogP contribution is 2.35. The van der Waals surface area contributed by atoms with Crippen LogP contribution in [-0.4, -0.2) is 45.8 Å². The SMILES string of the molecule is CN1C(=O)N(c2cc(C3CCCCC3)on2)C(O)C1O. The molecule has 0 spiro atoms. The number of likely N-dealkylation sites (N-methyl/N-ethyl adjacent to an activating group) is 1. The van der Waals surface area contributed by atoms with Crippen LogP contribution in [0.3, 0.4) is 0 Å². The molecule has 1 saturated heterocycles. The number of hydrogen-bond donors (Lipinski definition) is 2. The molecule has 20 heavy (non-hydrogen) atoms. The van der Waals surface area contributed by atoms with E-state index in [-0.39, 0.29) is 5.82 Å². The summed E-state index contributed by atoms with van der Waals surface area (Å²) in [6, 6.07) is 1.21. The Morgan fingerprint density at radius 1 is 1.25 bits per heavy atom. The van der Waals surface area contributed by atoms with Crippen molar-refractivity contribution >= 4 is 11.8 Å². The molecule has 7 heteroatoms. The standard InChI is InChI=1S/C13H19N3O4/c1-15-11(17)12(18)16(13(15)19)10-7-9(20-14-10)8-5-3-2-4-6-8/h7-8,11-12,17-18H,2-6H2,1H3. The molecule has 2 unspecified atom stereocenters. The second-order valence-corrected chi connectivity index (χ2v) is 5.51. The zero-order valence-corrected chi connectivity index (χ0v) is 11.4. The van der Waals surface area contributed by atoms with Crippen LogP contribution in [-0.2, 0) is 0 Å². The number of anilines is 1. The second-order valence-electron chi connectivity index (χ2n) is 5.51. The summed E-state index contributed by atoms with van der Waals surface area (Å²) in [5.41, 5.74) is 0. The summed E-state index contributed by atoms with van der Waals surface area (Å²) < 4.78 is 5.33. The predicted molar refractivity (Wildman–Crippen MR) is 70.0 cm³/mol. The number of amides is 2. The fourth-order valence-electron chi connectivity index (χ4n) is 2.94. The molecule has 2 atom stereocenters. The van der Waals surface area contributed by atoms with Crippen molar-refractivity contribution in [1.29, 1.82) is 0 Å². The Bertz CT molecular complexity index is 498. The van der Waals surface area contributed by atoms with Gasteiger partial charge in [0.25, 0.3) is 0 Å². The minimum atomic E-state index is -1.32. The van der Waals surface area contributed by atoms with E-state index >= 15 is 0 Å². The lowest BCUT2D eigenvalue weighted by atomic mass is 9.87. The van der Waals surface area contributed by atoms with Crippen molar-refractivity contribution < 1.29 is 19.5 Å². The first-order valence-electron chi connectivity index (χ1n) is 6.98. The molecule has 2 heterocycles. The summed E-state index contributed by atoms with van der Waals surface area (Å²) in [6.07, 6.45) is 3.15. The maximum atomic E-state index is 12.0. The van der Waals surface area contributed by atoms with Crippen LogP contribution in [0.15, 0.2) is 10.6 Å². The van der Waals surface area contributed by atoms with Gasteiger partial charge in [0.15, 0.2) is 18.3 Å². The first-order chi connectivity index (χ1) is 9.59. The van der Waals surface area contributed by atoms with Crippen molar-refractivity contribution in [3.05, 3.63) is 11.8 Å². The van der Waals surface area contributed by atoms with Crippen LogP contribution in [0.4, 0.5) is 10.6 Å². The molecule has 3 rings (SSSR count). The van der Waals surface area contributed by atoms with Gasteiger partial charge in [-0.1, -0.05) is 24.4 Å². The zero-order chi connectivity index (χ0) is 14.3. The van der Waals surface area contributed by atoms with E-state index in [9.17, 15) is 15.0 Å². The van der Waals surface area contributed by atoms with E-state index < -0.39 is 18.5 Å². The van der Waals surface area contributed by atoms with Crippen molar-refractivity contribution in [1.82, 2.24) is 10.1 Å². The van der Waals surface area contributed by atoms with Gasteiger partial charge >= 0.3 is 6.03 Å². The maximum absolute atomic E-state index is 12.0. The first-order valence-corrected chi connectivity index (χ1v) is 6.98. The summed E-state index contributed by atoms with van der Waals surface area (Å²) >= 11 is 0. The van der Waals surface area contributed by atoms with Crippen LogP contribution >= 0.6 is 0 Å². The first kappa shape index (κ1) is 13.4. The van der Waals surface area contributed by atoms with Gasteiger partial charge in [-0.2, -0.15) is 0 Å². The highest BCUT2D eigenvalue weighted by Gasteiger charge is 2.44. The van der Waals surface area contributed by atoms with Crippen molar-refractivity contribution in [2.75, 3.05) is 11.9 Å². The molecule has 1 aliphatic heterocycles. The third-order valence-electron chi connectivity index (χ3n) is 4.21. The Balaban J connectivity index is 1.81. The van der Waals surface area contributed by atoms with E-state index in [1.165, 1.54) is 26.3 Å². The van der Waals surface area contributed by atoms with Crippen LogP contribution in [0.5, 0.6) is 0 Å². The van der Waals surface area contributed by atoms with Gasteiger partial charge in [-0.05, 0) is 12.8 Å². The summed E-state index contributed by atoms with van der Waals surface area (Å²) in [7, 11) is 1.43. The van der Waals surface area contributed by atoms with Crippen molar-refractivity contribution in [3.63, 3.8) is 0 Å². The third kappa shape index (κ3) is 2.06. The van der Waals surface area contributed by atoms with Crippen molar-refractivity contribution in [2.24, 2.45) is 0 Å². The number of aromatic nitrogens is 1. The molecule has 0 aromatic carbocycles. The Hall–Kier alpha value is -1.60. The molecule has 1 saturated carbocycles.